The molecule has 2 fully saturated rings. The lowest BCUT2D eigenvalue weighted by atomic mass is 10.0. The van der Waals surface area contributed by atoms with Crippen LogP contribution in [-0.2, 0) is 4.74 Å². The van der Waals surface area contributed by atoms with E-state index in [2.05, 4.69) is 29.3 Å². The second kappa shape index (κ2) is 7.62. The van der Waals surface area contributed by atoms with Gasteiger partial charge < -0.3 is 15.4 Å². The monoisotopic (exact) mass is 258 g/mol. The molecule has 0 aromatic carbocycles. The summed E-state index contributed by atoms with van der Waals surface area (Å²) in [5.74, 6) is 1.99. The van der Waals surface area contributed by atoms with Crippen LogP contribution >= 0.6 is 11.8 Å². The molecule has 2 aliphatic heterocycles. The normalized spacial score (nSPS) is 28.4. The third kappa shape index (κ3) is 4.78. The van der Waals surface area contributed by atoms with Crippen LogP contribution in [0.25, 0.3) is 0 Å². The number of ether oxygens (including phenoxy) is 1. The molecule has 0 spiro atoms. The van der Waals surface area contributed by atoms with Gasteiger partial charge in [0.1, 0.15) is 0 Å². The van der Waals surface area contributed by atoms with Gasteiger partial charge in [0.2, 0.25) is 0 Å². The van der Waals surface area contributed by atoms with Crippen LogP contribution in [0.2, 0.25) is 0 Å². The van der Waals surface area contributed by atoms with Crippen LogP contribution in [0.5, 0.6) is 0 Å². The van der Waals surface area contributed by atoms with Crippen molar-refractivity contribution < 1.29 is 4.74 Å². The van der Waals surface area contributed by atoms with Gasteiger partial charge in [0, 0.05) is 30.2 Å². The first-order valence-electron chi connectivity index (χ1n) is 6.99. The van der Waals surface area contributed by atoms with Crippen molar-refractivity contribution in [3.05, 3.63) is 0 Å². The van der Waals surface area contributed by atoms with Gasteiger partial charge in [-0.25, -0.2) is 0 Å². The average molecular weight is 258 g/mol. The first-order valence-corrected chi connectivity index (χ1v) is 8.04. The molecule has 0 aromatic rings. The summed E-state index contributed by atoms with van der Waals surface area (Å²) in [4.78, 5) is 0. The molecular weight excluding hydrogens is 232 g/mol. The Hall–Kier alpha value is 0.230. The molecule has 4 heteroatoms. The molecule has 0 aliphatic carbocycles. The molecule has 2 saturated heterocycles. The van der Waals surface area contributed by atoms with Gasteiger partial charge in [0.25, 0.3) is 0 Å². The highest BCUT2D eigenvalue weighted by molar-refractivity contribution is 7.99. The Labute approximate surface area is 109 Å². The van der Waals surface area contributed by atoms with Crippen molar-refractivity contribution in [2.45, 2.75) is 37.5 Å². The molecule has 0 amide bonds. The molecule has 0 bridgehead atoms. The molecule has 2 rings (SSSR count). The zero-order valence-electron chi connectivity index (χ0n) is 10.9. The maximum Gasteiger partial charge on any atom is 0.0509 e. The largest absolute Gasteiger partial charge is 0.381 e. The summed E-state index contributed by atoms with van der Waals surface area (Å²) in [7, 11) is 0. The van der Waals surface area contributed by atoms with Crippen LogP contribution in [-0.4, -0.2) is 49.9 Å². The van der Waals surface area contributed by atoms with E-state index in [0.29, 0.717) is 6.04 Å². The van der Waals surface area contributed by atoms with Crippen molar-refractivity contribution >= 4 is 11.8 Å². The summed E-state index contributed by atoms with van der Waals surface area (Å²) in [5.41, 5.74) is 0. The quantitative estimate of drug-likeness (QED) is 0.707. The van der Waals surface area contributed by atoms with Crippen LogP contribution in [0, 0.1) is 5.92 Å². The second-order valence-corrected chi connectivity index (χ2v) is 6.59. The van der Waals surface area contributed by atoms with E-state index in [1.165, 1.54) is 38.1 Å². The maximum atomic E-state index is 5.43. The summed E-state index contributed by atoms with van der Waals surface area (Å²) >= 11 is 2.15. The van der Waals surface area contributed by atoms with E-state index < -0.39 is 0 Å². The van der Waals surface area contributed by atoms with E-state index in [1.807, 2.05) is 0 Å². The minimum atomic E-state index is 0.617. The molecule has 17 heavy (non-hydrogen) atoms. The van der Waals surface area contributed by atoms with E-state index >= 15 is 0 Å². The van der Waals surface area contributed by atoms with Crippen molar-refractivity contribution in [2.75, 3.05) is 38.6 Å². The van der Waals surface area contributed by atoms with Gasteiger partial charge in [-0.2, -0.15) is 11.8 Å². The summed E-state index contributed by atoms with van der Waals surface area (Å²) < 4.78 is 5.43. The molecule has 2 aliphatic rings. The van der Waals surface area contributed by atoms with E-state index in [4.69, 9.17) is 4.74 Å². The Morgan fingerprint density at radius 3 is 2.88 bits per heavy atom. The highest BCUT2D eigenvalue weighted by Crippen LogP contribution is 2.20. The predicted octanol–water partition coefficient (Wildman–Crippen LogP) is 1.49. The third-order valence-electron chi connectivity index (χ3n) is 3.88. The highest BCUT2D eigenvalue weighted by atomic mass is 32.2. The Morgan fingerprint density at radius 2 is 2.18 bits per heavy atom. The van der Waals surface area contributed by atoms with Gasteiger partial charge in [-0.15, -0.1) is 0 Å². The van der Waals surface area contributed by atoms with Crippen LogP contribution < -0.4 is 10.6 Å². The molecule has 2 unspecified atom stereocenters. The van der Waals surface area contributed by atoms with Gasteiger partial charge >= 0.3 is 0 Å². The third-order valence-corrected chi connectivity index (χ3v) is 5.26. The number of hydrogen-bond acceptors (Lipinski definition) is 4. The SMILES string of the molecule is CC(NCCSC1CCNCC1)C1CCOC1. The molecule has 0 aromatic heterocycles. The van der Waals surface area contributed by atoms with Gasteiger partial charge in [0.15, 0.2) is 0 Å². The topological polar surface area (TPSA) is 33.3 Å². The van der Waals surface area contributed by atoms with Crippen molar-refractivity contribution in [3.8, 4) is 0 Å². The zero-order chi connectivity index (χ0) is 11.9. The fraction of sp³-hybridized carbons (Fsp3) is 1.00. The smallest absolute Gasteiger partial charge is 0.0509 e. The van der Waals surface area contributed by atoms with E-state index in [0.717, 1.165) is 30.9 Å². The van der Waals surface area contributed by atoms with Crippen LogP contribution in [0.4, 0.5) is 0 Å². The number of nitrogens with one attached hydrogen (secondary N) is 2. The summed E-state index contributed by atoms with van der Waals surface area (Å²) in [6, 6.07) is 0.617. The summed E-state index contributed by atoms with van der Waals surface area (Å²) in [5, 5.41) is 7.96. The molecule has 2 heterocycles. The Balaban J connectivity index is 1.50. The van der Waals surface area contributed by atoms with Gasteiger partial charge in [-0.05, 0) is 45.2 Å². The molecule has 100 valence electrons. The minimum Gasteiger partial charge on any atom is -0.381 e. The van der Waals surface area contributed by atoms with Crippen LogP contribution in [0.1, 0.15) is 26.2 Å². The molecule has 2 N–H and O–H groups in total. The minimum absolute atomic E-state index is 0.617. The Morgan fingerprint density at radius 1 is 1.35 bits per heavy atom. The fourth-order valence-electron chi connectivity index (χ4n) is 2.59. The molecule has 0 saturated carbocycles. The van der Waals surface area contributed by atoms with Crippen LogP contribution in [0.15, 0.2) is 0 Å². The lowest BCUT2D eigenvalue weighted by Crippen LogP contribution is -2.36. The van der Waals surface area contributed by atoms with E-state index in [9.17, 15) is 0 Å². The Bertz CT molecular complexity index is 204. The molecule has 2 atom stereocenters. The van der Waals surface area contributed by atoms with Crippen molar-refractivity contribution in [3.63, 3.8) is 0 Å². The van der Waals surface area contributed by atoms with Crippen molar-refractivity contribution in [2.24, 2.45) is 5.92 Å². The number of thioether (sulfide) groups is 1. The van der Waals surface area contributed by atoms with Gasteiger partial charge in [-0.3, -0.25) is 0 Å². The highest BCUT2D eigenvalue weighted by Gasteiger charge is 2.21. The van der Waals surface area contributed by atoms with Gasteiger partial charge in [0.05, 0.1) is 6.61 Å². The summed E-state index contributed by atoms with van der Waals surface area (Å²) in [6.07, 6.45) is 3.92. The number of hydrogen-bond donors (Lipinski definition) is 2. The van der Waals surface area contributed by atoms with Crippen LogP contribution in [0.3, 0.4) is 0 Å². The number of piperidine rings is 1. The van der Waals surface area contributed by atoms with E-state index in [-0.39, 0.29) is 0 Å². The predicted molar refractivity (Wildman–Crippen MR) is 74.7 cm³/mol. The van der Waals surface area contributed by atoms with Crippen molar-refractivity contribution in [1.29, 1.82) is 0 Å². The van der Waals surface area contributed by atoms with E-state index in [1.54, 1.807) is 0 Å². The molecule has 3 nitrogen and oxygen atoms in total. The molecule has 0 radical (unpaired) electrons. The lowest BCUT2D eigenvalue weighted by molar-refractivity contribution is 0.178. The first-order chi connectivity index (χ1) is 8.36. The summed E-state index contributed by atoms with van der Waals surface area (Å²) in [6.45, 7) is 7.78. The average Bonchev–Trinajstić information content (AvgIpc) is 2.89. The zero-order valence-corrected chi connectivity index (χ0v) is 11.7. The first kappa shape index (κ1) is 13.7. The van der Waals surface area contributed by atoms with Crippen molar-refractivity contribution in [1.82, 2.24) is 10.6 Å². The lowest BCUT2D eigenvalue weighted by Gasteiger charge is -2.23. The molecular formula is C13H26N2OS. The Kier molecular flexibility index (Phi) is 6.12. The second-order valence-electron chi connectivity index (χ2n) is 5.19. The maximum absolute atomic E-state index is 5.43. The number of rotatable bonds is 6. The fourth-order valence-corrected chi connectivity index (χ4v) is 3.73. The van der Waals surface area contributed by atoms with Gasteiger partial charge in [-0.1, -0.05) is 0 Å². The standard InChI is InChI=1S/C13H26N2OS/c1-11(12-4-8-16-10-12)15-7-9-17-13-2-5-14-6-3-13/h11-15H,2-10H2,1H3.